The van der Waals surface area contributed by atoms with Crippen molar-refractivity contribution in [1.29, 1.82) is 0 Å². The molecule has 0 aliphatic heterocycles. The molecule has 0 unspecified atom stereocenters. The zero-order chi connectivity index (χ0) is 27.6. The van der Waals surface area contributed by atoms with Gasteiger partial charge >= 0.3 is 0 Å². The van der Waals surface area contributed by atoms with Crippen LogP contribution < -0.4 is 4.90 Å². The van der Waals surface area contributed by atoms with Crippen LogP contribution in [-0.4, -0.2) is 4.98 Å². The first kappa shape index (κ1) is 23.7. The van der Waals surface area contributed by atoms with Gasteiger partial charge in [-0.05, 0) is 66.7 Å². The third-order valence-corrected chi connectivity index (χ3v) is 10.1. The molecule has 5 heteroatoms. The molecular weight excluding hydrogens is 553 g/mol. The molecule has 0 amide bonds. The second-order valence-corrected chi connectivity index (χ2v) is 12.6. The molecule has 9 aromatic rings. The fourth-order valence-corrected chi connectivity index (χ4v) is 8.26. The molecule has 3 aromatic heterocycles. The Morgan fingerprint density at radius 2 is 1.24 bits per heavy atom. The number of fused-ring (bicyclic) bond motifs is 7. The Balaban J connectivity index is 1.28. The Morgan fingerprint density at radius 1 is 0.524 bits per heavy atom. The second kappa shape index (κ2) is 9.28. The first-order valence-corrected chi connectivity index (χ1v) is 15.5. The van der Waals surface area contributed by atoms with Crippen LogP contribution in [0.4, 0.5) is 17.1 Å². The summed E-state index contributed by atoms with van der Waals surface area (Å²) in [4.78, 5) is 7.22. The summed E-state index contributed by atoms with van der Waals surface area (Å²) < 4.78 is 11.3. The zero-order valence-corrected chi connectivity index (χ0v) is 24.0. The van der Waals surface area contributed by atoms with Gasteiger partial charge in [0.25, 0.3) is 0 Å². The Bertz CT molecular complexity index is 2420. The van der Waals surface area contributed by atoms with Gasteiger partial charge in [0.05, 0.1) is 5.69 Å². The molecule has 0 saturated carbocycles. The SMILES string of the molecule is c1ccc(-c2nc3cc4sc5cccc(N(c6ccccc6)c6ccc7c(c6)sc6ccccc67)c5c4cc3o2)cc1. The first-order chi connectivity index (χ1) is 20.8. The maximum Gasteiger partial charge on any atom is 0.227 e. The molecule has 42 heavy (non-hydrogen) atoms. The maximum atomic E-state index is 6.31. The quantitative estimate of drug-likeness (QED) is 0.209. The number of nitrogens with zero attached hydrogens (tertiary/aromatic N) is 2. The molecule has 6 aromatic carbocycles. The predicted octanol–water partition coefficient (Wildman–Crippen LogP) is 11.7. The number of thiophene rings is 2. The highest BCUT2D eigenvalue weighted by molar-refractivity contribution is 7.26. The number of benzene rings is 6. The van der Waals surface area contributed by atoms with Gasteiger partial charge in [-0.15, -0.1) is 22.7 Å². The van der Waals surface area contributed by atoms with Crippen LogP contribution in [0.2, 0.25) is 0 Å². The summed E-state index contributed by atoms with van der Waals surface area (Å²) in [6.07, 6.45) is 0. The Kier molecular flexibility index (Phi) is 5.24. The van der Waals surface area contributed by atoms with E-state index in [-0.39, 0.29) is 0 Å². The van der Waals surface area contributed by atoms with Crippen molar-refractivity contribution in [1.82, 2.24) is 4.98 Å². The van der Waals surface area contributed by atoms with Crippen molar-refractivity contribution in [2.24, 2.45) is 0 Å². The maximum absolute atomic E-state index is 6.31. The zero-order valence-electron chi connectivity index (χ0n) is 22.3. The van der Waals surface area contributed by atoms with Gasteiger partial charge < -0.3 is 9.32 Å². The summed E-state index contributed by atoms with van der Waals surface area (Å²) in [6.45, 7) is 0. The predicted molar refractivity (Wildman–Crippen MR) is 180 cm³/mol. The van der Waals surface area contributed by atoms with Crippen molar-refractivity contribution in [2.75, 3.05) is 4.90 Å². The van der Waals surface area contributed by atoms with Crippen molar-refractivity contribution in [3.05, 3.63) is 133 Å². The average Bonchev–Trinajstić information content (AvgIpc) is 3.73. The van der Waals surface area contributed by atoms with E-state index in [0.717, 1.165) is 33.7 Å². The number of para-hydroxylation sites is 1. The van der Waals surface area contributed by atoms with Gasteiger partial charge in [0.1, 0.15) is 5.52 Å². The first-order valence-electron chi connectivity index (χ1n) is 13.9. The smallest absolute Gasteiger partial charge is 0.227 e. The highest BCUT2D eigenvalue weighted by atomic mass is 32.1. The second-order valence-electron chi connectivity index (χ2n) is 10.4. The Hall–Kier alpha value is -4.97. The molecule has 0 spiro atoms. The van der Waals surface area contributed by atoms with Gasteiger partial charge in [0, 0.05) is 57.3 Å². The number of oxazole rings is 1. The monoisotopic (exact) mass is 574 g/mol. The van der Waals surface area contributed by atoms with Crippen molar-refractivity contribution in [3.8, 4) is 11.5 Å². The highest BCUT2D eigenvalue weighted by Crippen LogP contribution is 2.47. The van der Waals surface area contributed by atoms with Gasteiger partial charge in [-0.1, -0.05) is 66.7 Å². The summed E-state index contributed by atoms with van der Waals surface area (Å²) >= 11 is 3.65. The lowest BCUT2D eigenvalue weighted by molar-refractivity contribution is 0.620. The standard InChI is InChI=1S/C37H22N2OS2/c1-3-10-23(11-4-1)37-38-29-22-35-28(21-31(29)40-37)36-30(15-9-17-33(36)42-35)39(24-12-5-2-6-13-24)25-18-19-27-26-14-7-8-16-32(26)41-34(27)20-25/h1-22H. The van der Waals surface area contributed by atoms with Gasteiger partial charge in [0.2, 0.25) is 5.89 Å². The summed E-state index contributed by atoms with van der Waals surface area (Å²) in [6, 6.07) is 47.2. The summed E-state index contributed by atoms with van der Waals surface area (Å²) in [7, 11) is 0. The molecule has 0 saturated heterocycles. The van der Waals surface area contributed by atoms with E-state index in [4.69, 9.17) is 9.40 Å². The minimum Gasteiger partial charge on any atom is -0.436 e. The van der Waals surface area contributed by atoms with Crippen molar-refractivity contribution >= 4 is 91.2 Å². The molecule has 0 aliphatic carbocycles. The van der Waals surface area contributed by atoms with E-state index in [1.165, 1.54) is 40.3 Å². The largest absolute Gasteiger partial charge is 0.436 e. The molecule has 0 fully saturated rings. The van der Waals surface area contributed by atoms with E-state index in [0.29, 0.717) is 5.89 Å². The van der Waals surface area contributed by atoms with Crippen LogP contribution >= 0.6 is 22.7 Å². The van der Waals surface area contributed by atoms with Crippen LogP contribution in [0.25, 0.3) is 62.9 Å². The molecule has 0 N–H and O–H groups in total. The Labute approximate surface area is 249 Å². The lowest BCUT2D eigenvalue weighted by atomic mass is 10.1. The van der Waals surface area contributed by atoms with Crippen LogP contribution in [-0.2, 0) is 0 Å². The molecule has 198 valence electrons. The van der Waals surface area contributed by atoms with E-state index in [2.05, 4.69) is 108 Å². The van der Waals surface area contributed by atoms with Gasteiger partial charge in [0.15, 0.2) is 5.58 Å². The minimum atomic E-state index is 0.648. The van der Waals surface area contributed by atoms with Crippen LogP contribution in [0.15, 0.2) is 138 Å². The summed E-state index contributed by atoms with van der Waals surface area (Å²) in [5.41, 5.74) is 6.07. The third-order valence-electron chi connectivity index (χ3n) is 7.88. The van der Waals surface area contributed by atoms with E-state index in [9.17, 15) is 0 Å². The van der Waals surface area contributed by atoms with E-state index in [1.807, 2.05) is 41.7 Å². The lowest BCUT2D eigenvalue weighted by Crippen LogP contribution is -2.10. The van der Waals surface area contributed by atoms with E-state index >= 15 is 0 Å². The van der Waals surface area contributed by atoms with Crippen LogP contribution in [0, 0.1) is 0 Å². The lowest BCUT2D eigenvalue weighted by Gasteiger charge is -2.26. The summed E-state index contributed by atoms with van der Waals surface area (Å²) in [5, 5.41) is 5.01. The average molecular weight is 575 g/mol. The third kappa shape index (κ3) is 3.68. The fraction of sp³-hybridized carbons (Fsp3) is 0. The number of hydrogen-bond acceptors (Lipinski definition) is 5. The molecule has 3 nitrogen and oxygen atoms in total. The highest BCUT2D eigenvalue weighted by Gasteiger charge is 2.20. The number of hydrogen-bond donors (Lipinski definition) is 0. The molecule has 3 heterocycles. The van der Waals surface area contributed by atoms with E-state index in [1.54, 1.807) is 11.3 Å². The number of anilines is 3. The Morgan fingerprint density at radius 3 is 2.12 bits per heavy atom. The van der Waals surface area contributed by atoms with Crippen LogP contribution in [0.3, 0.4) is 0 Å². The number of rotatable bonds is 4. The van der Waals surface area contributed by atoms with Gasteiger partial charge in [-0.25, -0.2) is 4.98 Å². The molecule has 9 rings (SSSR count). The summed E-state index contributed by atoms with van der Waals surface area (Å²) in [5.74, 6) is 0.648. The minimum absolute atomic E-state index is 0.648. The molecule has 0 radical (unpaired) electrons. The normalized spacial score (nSPS) is 11.8. The van der Waals surface area contributed by atoms with Crippen LogP contribution in [0.5, 0.6) is 0 Å². The van der Waals surface area contributed by atoms with E-state index < -0.39 is 0 Å². The molecule has 0 aliphatic rings. The van der Waals surface area contributed by atoms with Gasteiger partial charge in [-0.3, -0.25) is 0 Å². The van der Waals surface area contributed by atoms with Crippen molar-refractivity contribution < 1.29 is 4.42 Å². The fourth-order valence-electron chi connectivity index (χ4n) is 5.98. The van der Waals surface area contributed by atoms with Gasteiger partial charge in [-0.2, -0.15) is 0 Å². The molecular formula is C37H22N2OS2. The topological polar surface area (TPSA) is 29.3 Å². The molecule has 0 atom stereocenters. The van der Waals surface area contributed by atoms with Crippen LogP contribution in [0.1, 0.15) is 0 Å². The number of aromatic nitrogens is 1. The molecule has 0 bridgehead atoms. The van der Waals surface area contributed by atoms with Crippen molar-refractivity contribution in [2.45, 2.75) is 0 Å². The van der Waals surface area contributed by atoms with Crippen molar-refractivity contribution in [3.63, 3.8) is 0 Å².